The molecule has 2 aliphatic heterocycles. The molecule has 1 aromatic carbocycles. The molecule has 0 spiro atoms. The first kappa shape index (κ1) is 11.8. The lowest BCUT2D eigenvalue weighted by Gasteiger charge is -2.33. The molecule has 3 heteroatoms. The number of nitrogens with one attached hydrogen (secondary N) is 2. The fourth-order valence-electron chi connectivity index (χ4n) is 2.94. The summed E-state index contributed by atoms with van der Waals surface area (Å²) in [6.45, 7) is 2.16. The summed E-state index contributed by atoms with van der Waals surface area (Å²) >= 11 is 0. The number of rotatable bonds is 2. The molecule has 0 saturated carbocycles. The van der Waals surface area contributed by atoms with Crippen molar-refractivity contribution in [2.75, 3.05) is 13.2 Å². The average Bonchev–Trinajstić information content (AvgIpc) is 2.47. The van der Waals surface area contributed by atoms with Gasteiger partial charge in [-0.25, -0.2) is 0 Å². The summed E-state index contributed by atoms with van der Waals surface area (Å²) in [5, 5.41) is 16.2. The molecule has 1 aromatic rings. The van der Waals surface area contributed by atoms with Crippen LogP contribution in [0.2, 0.25) is 0 Å². The van der Waals surface area contributed by atoms with E-state index in [-0.39, 0.29) is 12.6 Å². The Morgan fingerprint density at radius 3 is 3.06 bits per heavy atom. The molecule has 2 aliphatic rings. The quantitative estimate of drug-likeness (QED) is 0.738. The lowest BCUT2D eigenvalue weighted by molar-refractivity contribution is 0.200. The van der Waals surface area contributed by atoms with E-state index in [9.17, 15) is 5.11 Å². The van der Waals surface area contributed by atoms with E-state index in [1.54, 1.807) is 0 Å². The minimum Gasteiger partial charge on any atom is -0.395 e. The van der Waals surface area contributed by atoms with Gasteiger partial charge in [-0.15, -0.1) is 0 Å². The molecule has 3 nitrogen and oxygen atoms in total. The number of piperidine rings is 1. The van der Waals surface area contributed by atoms with Crippen molar-refractivity contribution in [3.8, 4) is 0 Å². The molecule has 0 amide bonds. The summed E-state index contributed by atoms with van der Waals surface area (Å²) in [6, 6.07) is 8.79. The van der Waals surface area contributed by atoms with E-state index in [1.165, 1.54) is 16.8 Å². The molecule has 0 radical (unpaired) electrons. The molecule has 2 unspecified atom stereocenters. The molecule has 2 heterocycles. The first-order valence-electron chi connectivity index (χ1n) is 6.74. The number of hydrogen-bond acceptors (Lipinski definition) is 3. The van der Waals surface area contributed by atoms with E-state index < -0.39 is 0 Å². The number of fused-ring (bicyclic) bond motifs is 1. The third kappa shape index (κ3) is 2.28. The van der Waals surface area contributed by atoms with E-state index in [4.69, 9.17) is 0 Å². The van der Waals surface area contributed by atoms with Crippen molar-refractivity contribution < 1.29 is 5.11 Å². The smallest absolute Gasteiger partial charge is 0.0584 e. The summed E-state index contributed by atoms with van der Waals surface area (Å²) in [4.78, 5) is 0. The highest BCUT2D eigenvalue weighted by Crippen LogP contribution is 2.28. The van der Waals surface area contributed by atoms with Crippen LogP contribution in [-0.2, 0) is 6.54 Å². The Kier molecular flexibility index (Phi) is 3.35. The van der Waals surface area contributed by atoms with Crippen molar-refractivity contribution in [3.63, 3.8) is 0 Å². The van der Waals surface area contributed by atoms with Crippen LogP contribution in [-0.4, -0.2) is 24.3 Å². The van der Waals surface area contributed by atoms with Gasteiger partial charge < -0.3 is 15.7 Å². The largest absolute Gasteiger partial charge is 0.395 e. The Labute approximate surface area is 108 Å². The van der Waals surface area contributed by atoms with Crippen LogP contribution in [0, 0.1) is 5.92 Å². The van der Waals surface area contributed by atoms with Crippen LogP contribution >= 0.6 is 0 Å². The monoisotopic (exact) mass is 244 g/mol. The maximum atomic E-state index is 9.26. The van der Waals surface area contributed by atoms with Gasteiger partial charge in [0.2, 0.25) is 0 Å². The lowest BCUT2D eigenvalue weighted by Crippen LogP contribution is -2.42. The van der Waals surface area contributed by atoms with E-state index in [1.807, 2.05) is 0 Å². The second-order valence-electron chi connectivity index (χ2n) is 5.21. The predicted octanol–water partition coefficient (Wildman–Crippen LogP) is 1.49. The van der Waals surface area contributed by atoms with Gasteiger partial charge in [-0.05, 0) is 36.6 Å². The highest BCUT2D eigenvalue weighted by Gasteiger charge is 2.25. The van der Waals surface area contributed by atoms with Crippen molar-refractivity contribution >= 4 is 6.08 Å². The van der Waals surface area contributed by atoms with Crippen LogP contribution in [0.1, 0.15) is 24.0 Å². The van der Waals surface area contributed by atoms with Gasteiger partial charge in [-0.3, -0.25) is 0 Å². The average molecular weight is 244 g/mol. The van der Waals surface area contributed by atoms with Crippen molar-refractivity contribution in [2.24, 2.45) is 5.92 Å². The molecule has 0 aromatic heterocycles. The fourth-order valence-corrected chi connectivity index (χ4v) is 2.94. The van der Waals surface area contributed by atoms with Gasteiger partial charge in [0.05, 0.1) is 6.61 Å². The van der Waals surface area contributed by atoms with Crippen LogP contribution in [0.25, 0.3) is 6.08 Å². The van der Waals surface area contributed by atoms with Gasteiger partial charge in [0, 0.05) is 24.2 Å². The Hall–Kier alpha value is -1.32. The van der Waals surface area contributed by atoms with Crippen molar-refractivity contribution in [3.05, 3.63) is 41.1 Å². The predicted molar refractivity (Wildman–Crippen MR) is 72.9 cm³/mol. The van der Waals surface area contributed by atoms with Gasteiger partial charge >= 0.3 is 0 Å². The molecule has 1 saturated heterocycles. The SMILES string of the molecule is OCC1CC(C2=Cc3ccccc3CN2)CCN1. The minimum atomic E-state index is 0.236. The first-order valence-corrected chi connectivity index (χ1v) is 6.74. The number of allylic oxidation sites excluding steroid dienone is 1. The Bertz CT molecular complexity index is 456. The second kappa shape index (κ2) is 5.12. The molecule has 3 N–H and O–H groups in total. The topological polar surface area (TPSA) is 44.3 Å². The number of hydrogen-bond donors (Lipinski definition) is 3. The highest BCUT2D eigenvalue weighted by molar-refractivity contribution is 5.59. The highest BCUT2D eigenvalue weighted by atomic mass is 16.3. The summed E-state index contributed by atoms with van der Waals surface area (Å²) in [6.07, 6.45) is 4.46. The second-order valence-corrected chi connectivity index (χ2v) is 5.21. The Morgan fingerprint density at radius 2 is 2.17 bits per heavy atom. The molecule has 0 aliphatic carbocycles. The van der Waals surface area contributed by atoms with Crippen molar-refractivity contribution in [1.82, 2.24) is 10.6 Å². The third-order valence-electron chi connectivity index (χ3n) is 4.00. The molecule has 96 valence electrons. The normalized spacial score (nSPS) is 27.1. The van der Waals surface area contributed by atoms with Crippen LogP contribution in [0.5, 0.6) is 0 Å². The van der Waals surface area contributed by atoms with Crippen molar-refractivity contribution in [1.29, 1.82) is 0 Å². The van der Waals surface area contributed by atoms with Gasteiger partial charge in [-0.2, -0.15) is 0 Å². The molecular formula is C15H20N2O. The molecule has 18 heavy (non-hydrogen) atoms. The van der Waals surface area contributed by atoms with Crippen LogP contribution in [0.3, 0.4) is 0 Å². The first-order chi connectivity index (χ1) is 8.86. The third-order valence-corrected chi connectivity index (χ3v) is 4.00. The molecule has 1 fully saturated rings. The molecule has 0 bridgehead atoms. The van der Waals surface area contributed by atoms with Crippen LogP contribution in [0.15, 0.2) is 30.0 Å². The van der Waals surface area contributed by atoms with Gasteiger partial charge in [0.25, 0.3) is 0 Å². The summed E-state index contributed by atoms with van der Waals surface area (Å²) < 4.78 is 0. The Balaban J connectivity index is 1.79. The molecule has 3 rings (SSSR count). The zero-order valence-electron chi connectivity index (χ0n) is 10.5. The summed E-state index contributed by atoms with van der Waals surface area (Å²) in [5.41, 5.74) is 4.05. The summed E-state index contributed by atoms with van der Waals surface area (Å²) in [5.74, 6) is 0.553. The van der Waals surface area contributed by atoms with Gasteiger partial charge in [-0.1, -0.05) is 24.3 Å². The van der Waals surface area contributed by atoms with Gasteiger partial charge in [0.1, 0.15) is 0 Å². The molecule has 2 atom stereocenters. The number of aliphatic hydroxyl groups excluding tert-OH is 1. The van der Waals surface area contributed by atoms with Crippen LogP contribution in [0.4, 0.5) is 0 Å². The number of benzene rings is 1. The number of aliphatic hydroxyl groups is 1. The van der Waals surface area contributed by atoms with E-state index in [0.29, 0.717) is 5.92 Å². The zero-order chi connectivity index (χ0) is 12.4. The maximum absolute atomic E-state index is 9.26. The Morgan fingerprint density at radius 1 is 1.28 bits per heavy atom. The molecular weight excluding hydrogens is 224 g/mol. The van der Waals surface area contributed by atoms with Crippen LogP contribution < -0.4 is 10.6 Å². The zero-order valence-corrected chi connectivity index (χ0v) is 10.5. The standard InChI is InChI=1S/C15H20N2O/c18-10-14-7-12(5-6-16-14)15-8-11-3-1-2-4-13(11)9-17-15/h1-4,8,12,14,16-18H,5-7,9-10H2. The van der Waals surface area contributed by atoms with E-state index in [2.05, 4.69) is 41.0 Å². The van der Waals surface area contributed by atoms with Gasteiger partial charge in [0.15, 0.2) is 0 Å². The lowest BCUT2D eigenvalue weighted by atomic mass is 9.87. The van der Waals surface area contributed by atoms with E-state index >= 15 is 0 Å². The maximum Gasteiger partial charge on any atom is 0.0584 e. The summed E-state index contributed by atoms with van der Waals surface area (Å²) in [7, 11) is 0. The minimum absolute atomic E-state index is 0.236. The fraction of sp³-hybridized carbons (Fsp3) is 0.467. The van der Waals surface area contributed by atoms with Crippen molar-refractivity contribution in [2.45, 2.75) is 25.4 Å². The van der Waals surface area contributed by atoms with E-state index in [0.717, 1.165) is 25.9 Å².